The summed E-state index contributed by atoms with van der Waals surface area (Å²) in [5.74, 6) is 3.38. The van der Waals surface area contributed by atoms with Crippen LogP contribution in [0.15, 0.2) is 18.3 Å². The number of aryl methyl sites for hydroxylation is 1. The summed E-state index contributed by atoms with van der Waals surface area (Å²) < 4.78 is 5.74. The van der Waals surface area contributed by atoms with Crippen molar-refractivity contribution in [3.8, 4) is 37.5 Å². The van der Waals surface area contributed by atoms with Gasteiger partial charge >= 0.3 is 5.97 Å². The number of ketones is 1. The third kappa shape index (κ3) is 13.4. The Morgan fingerprint density at radius 3 is 2.26 bits per heavy atom. The lowest BCUT2D eigenvalue weighted by atomic mass is 10.1. The fourth-order valence-electron chi connectivity index (χ4n) is 1.23. The van der Waals surface area contributed by atoms with Gasteiger partial charge in [0.15, 0.2) is 6.29 Å². The smallest absolute Gasteiger partial charge is 0.315 e. The van der Waals surface area contributed by atoms with Gasteiger partial charge in [-0.3, -0.25) is 19.4 Å². The Morgan fingerprint density at radius 1 is 1.30 bits per heavy atom. The van der Waals surface area contributed by atoms with Crippen LogP contribution in [-0.2, 0) is 16.0 Å². The summed E-state index contributed by atoms with van der Waals surface area (Å²) in [7, 11) is 0. The number of rotatable bonds is 6. The van der Waals surface area contributed by atoms with Gasteiger partial charge in [0.2, 0.25) is 0 Å². The SMILES string of the molecule is C#CCC(=O)CCc1ccc(C=O)nc1.C#CCC(=O)O.[2H]C#C. The first-order chi connectivity index (χ1) is 11.4. The number of carboxylic acids is 1. The molecule has 118 valence electrons. The van der Waals surface area contributed by atoms with Crippen LogP contribution in [0.5, 0.6) is 0 Å². The van der Waals surface area contributed by atoms with Gasteiger partial charge in [-0.05, 0) is 18.1 Å². The van der Waals surface area contributed by atoms with Gasteiger partial charge in [0.1, 0.15) is 19.3 Å². The van der Waals surface area contributed by atoms with Crippen molar-refractivity contribution < 1.29 is 20.9 Å². The number of aromatic nitrogens is 1. The molecule has 5 nitrogen and oxygen atoms in total. The lowest BCUT2D eigenvalue weighted by Crippen LogP contribution is -1.99. The van der Waals surface area contributed by atoms with Crippen molar-refractivity contribution in [1.82, 2.24) is 4.98 Å². The number of terminal acetylenes is 3. The molecule has 0 aliphatic rings. The minimum absolute atomic E-state index is 0.0527. The largest absolute Gasteiger partial charge is 0.481 e. The minimum Gasteiger partial charge on any atom is -0.481 e. The van der Waals surface area contributed by atoms with Crippen molar-refractivity contribution in [3.63, 3.8) is 0 Å². The summed E-state index contributed by atoms with van der Waals surface area (Å²) in [5.41, 5.74) is 1.33. The first kappa shape index (κ1) is 19.6. The second kappa shape index (κ2) is 15.0. The number of Topliss-reactive ketones (excluding diaryl/α,β-unsaturated/α-hetero) is 1. The quantitative estimate of drug-likeness (QED) is 0.639. The molecule has 0 unspecified atom stereocenters. The van der Waals surface area contributed by atoms with E-state index in [-0.39, 0.29) is 18.6 Å². The lowest BCUT2D eigenvalue weighted by Gasteiger charge is -1.98. The number of pyridine rings is 1. The molecule has 1 aromatic heterocycles. The second-order valence-electron chi connectivity index (χ2n) is 3.90. The van der Waals surface area contributed by atoms with Crippen LogP contribution in [0.3, 0.4) is 0 Å². The molecule has 5 heteroatoms. The zero-order valence-electron chi connectivity index (χ0n) is 13.5. The van der Waals surface area contributed by atoms with Crippen molar-refractivity contribution in [1.29, 1.82) is 0 Å². The van der Waals surface area contributed by atoms with Crippen LogP contribution in [0.1, 0.15) is 36.7 Å². The van der Waals surface area contributed by atoms with Crippen LogP contribution < -0.4 is 0 Å². The van der Waals surface area contributed by atoms with E-state index in [0.717, 1.165) is 5.56 Å². The van der Waals surface area contributed by atoms with Crippen molar-refractivity contribution in [2.45, 2.75) is 25.7 Å². The number of aliphatic carboxylic acids is 1. The highest BCUT2D eigenvalue weighted by Gasteiger charge is 2.01. The predicted molar refractivity (Wildman–Crippen MR) is 87.4 cm³/mol. The Labute approximate surface area is 137 Å². The Bertz CT molecular complexity index is 646. The van der Waals surface area contributed by atoms with Crippen molar-refractivity contribution in [2.75, 3.05) is 0 Å². The maximum Gasteiger partial charge on any atom is 0.315 e. The summed E-state index contributed by atoms with van der Waals surface area (Å²) in [4.78, 5) is 34.8. The fourth-order valence-corrected chi connectivity index (χ4v) is 1.23. The Balaban J connectivity index is 0. The minimum atomic E-state index is -0.947. The number of hydrogen-bond acceptors (Lipinski definition) is 4. The summed E-state index contributed by atoms with van der Waals surface area (Å²) >= 11 is 0. The average Bonchev–Trinajstić information content (AvgIpc) is 2.55. The number of carboxylic acid groups (broad SMARTS) is 1. The topological polar surface area (TPSA) is 84.3 Å². The van der Waals surface area contributed by atoms with E-state index in [9.17, 15) is 14.4 Å². The number of carbonyl (C=O) groups excluding carboxylic acids is 2. The molecule has 0 amide bonds. The van der Waals surface area contributed by atoms with Gasteiger partial charge < -0.3 is 5.11 Å². The molecule has 0 spiro atoms. The number of nitrogens with zero attached hydrogens (tertiary/aromatic N) is 1. The third-order valence-electron chi connectivity index (χ3n) is 2.21. The summed E-state index contributed by atoms with van der Waals surface area (Å²) in [6, 6.07) is 3.42. The van der Waals surface area contributed by atoms with Gasteiger partial charge in [-0.15, -0.1) is 25.7 Å². The molecule has 0 bridgehead atoms. The van der Waals surface area contributed by atoms with Gasteiger partial charge in [-0.2, -0.15) is 0 Å². The number of aldehydes is 1. The first-order valence-electron chi connectivity index (χ1n) is 6.82. The van der Waals surface area contributed by atoms with Crippen molar-refractivity contribution in [2.24, 2.45) is 0 Å². The third-order valence-corrected chi connectivity index (χ3v) is 2.21. The molecule has 1 N–H and O–H groups in total. The Kier molecular flexibility index (Phi) is 12.8. The molecule has 0 saturated carbocycles. The average molecular weight is 312 g/mol. The summed E-state index contributed by atoms with van der Waals surface area (Å²) in [5, 5.41) is 7.77. The molecule has 0 radical (unpaired) electrons. The van der Waals surface area contributed by atoms with E-state index in [1.54, 1.807) is 18.3 Å². The van der Waals surface area contributed by atoms with Gasteiger partial charge in [0, 0.05) is 12.6 Å². The Morgan fingerprint density at radius 2 is 1.91 bits per heavy atom. The van der Waals surface area contributed by atoms with Crippen molar-refractivity contribution in [3.05, 3.63) is 29.6 Å². The van der Waals surface area contributed by atoms with Gasteiger partial charge in [-0.25, -0.2) is 0 Å². The second-order valence-corrected chi connectivity index (χ2v) is 3.90. The molecule has 0 aromatic carbocycles. The Hall–Kier alpha value is -3.36. The number of hydrogen-bond donors (Lipinski definition) is 1. The maximum atomic E-state index is 11.1. The normalized spacial score (nSPS) is 8.13. The van der Waals surface area contributed by atoms with E-state index >= 15 is 0 Å². The molecule has 1 aromatic rings. The summed E-state index contributed by atoms with van der Waals surface area (Å²) in [6.07, 6.45) is 18.7. The van der Waals surface area contributed by atoms with Crippen LogP contribution in [0, 0.1) is 37.5 Å². The zero-order chi connectivity index (χ0) is 18.8. The standard InChI is InChI=1S/C12H11NO2.C4H4O2.C2H2/c1-2-3-12(15)7-5-10-4-6-11(9-14)13-8-10;1-2-3-4(5)6;1-2/h1,4,6,8-9H,3,5,7H2;1H,3H2,(H,5,6);1-2H/i;;1D. The highest BCUT2D eigenvalue weighted by atomic mass is 16.4. The highest BCUT2D eigenvalue weighted by molar-refractivity contribution is 5.80. The zero-order valence-corrected chi connectivity index (χ0v) is 12.5. The molecule has 1 rings (SSSR count). The van der Waals surface area contributed by atoms with Crippen LogP contribution in [0.25, 0.3) is 0 Å². The molecule has 0 saturated heterocycles. The number of carbonyl (C=O) groups is 3. The first-order valence-corrected chi connectivity index (χ1v) is 6.32. The molecule has 0 fully saturated rings. The summed E-state index contributed by atoms with van der Waals surface area (Å²) in [6.45, 7) is 0. The molecule has 0 aliphatic heterocycles. The molecular weight excluding hydrogens is 294 g/mol. The van der Waals surface area contributed by atoms with Gasteiger partial charge in [0.25, 0.3) is 0 Å². The van der Waals surface area contributed by atoms with E-state index in [0.29, 0.717) is 24.8 Å². The molecular formula is C18H17NO4. The molecule has 0 aliphatic carbocycles. The maximum absolute atomic E-state index is 11.1. The lowest BCUT2D eigenvalue weighted by molar-refractivity contribution is -0.135. The molecule has 23 heavy (non-hydrogen) atoms. The van der Waals surface area contributed by atoms with Gasteiger partial charge in [0.05, 0.1) is 6.42 Å². The molecule has 1 heterocycles. The van der Waals surface area contributed by atoms with E-state index in [1.807, 2.05) is 5.92 Å². The molecule has 0 atom stereocenters. The van der Waals surface area contributed by atoms with E-state index in [2.05, 4.69) is 23.8 Å². The van der Waals surface area contributed by atoms with E-state index in [1.165, 1.54) is 6.40 Å². The van der Waals surface area contributed by atoms with Crippen molar-refractivity contribution >= 4 is 18.0 Å². The van der Waals surface area contributed by atoms with E-state index in [4.69, 9.17) is 12.9 Å². The van der Waals surface area contributed by atoms with Crippen LogP contribution in [0.4, 0.5) is 0 Å². The van der Waals surface area contributed by atoms with Crippen LogP contribution in [0.2, 0.25) is 0 Å². The van der Waals surface area contributed by atoms with E-state index < -0.39 is 5.97 Å². The van der Waals surface area contributed by atoms with Gasteiger partial charge in [-0.1, -0.05) is 17.9 Å². The predicted octanol–water partition coefficient (Wildman–Crippen LogP) is 1.76. The fraction of sp³-hybridized carbons (Fsp3) is 0.222. The monoisotopic (exact) mass is 312 g/mol. The van der Waals surface area contributed by atoms with Crippen LogP contribution in [-0.4, -0.2) is 28.1 Å². The van der Waals surface area contributed by atoms with Crippen LogP contribution >= 0.6 is 0 Å². The highest BCUT2D eigenvalue weighted by Crippen LogP contribution is 2.03.